The van der Waals surface area contributed by atoms with Gasteiger partial charge in [0.1, 0.15) is 5.75 Å². The van der Waals surface area contributed by atoms with E-state index in [1.807, 2.05) is 13.0 Å². The lowest BCUT2D eigenvalue weighted by Gasteiger charge is -2.12. The number of unbranched alkanes of at least 4 members (excludes halogenated alkanes) is 1. The summed E-state index contributed by atoms with van der Waals surface area (Å²) >= 11 is 6.01. The lowest BCUT2D eigenvalue weighted by molar-refractivity contribution is -0.0498. The zero-order valence-corrected chi connectivity index (χ0v) is 11.1. The van der Waals surface area contributed by atoms with E-state index in [1.165, 1.54) is 0 Å². The Labute approximate surface area is 111 Å². The molecular formula is C13H18ClF2NO. The molecule has 0 radical (unpaired) electrons. The maximum absolute atomic E-state index is 12.3. The van der Waals surface area contributed by atoms with E-state index in [-0.39, 0.29) is 10.8 Å². The summed E-state index contributed by atoms with van der Waals surface area (Å²) < 4.78 is 29.0. The van der Waals surface area contributed by atoms with Gasteiger partial charge in [-0.05, 0) is 49.4 Å². The normalized spacial score (nSPS) is 11.0. The van der Waals surface area contributed by atoms with Gasteiger partial charge in [0, 0.05) is 0 Å². The van der Waals surface area contributed by atoms with Crippen LogP contribution in [-0.2, 0) is 12.8 Å². The predicted molar refractivity (Wildman–Crippen MR) is 69.5 cm³/mol. The highest BCUT2D eigenvalue weighted by Crippen LogP contribution is 2.32. The molecule has 0 saturated heterocycles. The van der Waals surface area contributed by atoms with Crippen LogP contribution in [0.3, 0.4) is 0 Å². The van der Waals surface area contributed by atoms with Gasteiger partial charge in [0.15, 0.2) is 0 Å². The smallest absolute Gasteiger partial charge is 0.387 e. The molecule has 0 unspecified atom stereocenters. The van der Waals surface area contributed by atoms with Crippen LogP contribution >= 0.6 is 11.6 Å². The SMILES string of the molecule is CCc1cc(CCCCN)cc(OC(F)F)c1Cl. The van der Waals surface area contributed by atoms with Gasteiger partial charge in [0.2, 0.25) is 0 Å². The number of alkyl halides is 2. The minimum Gasteiger partial charge on any atom is -0.433 e. The molecule has 102 valence electrons. The zero-order chi connectivity index (χ0) is 13.5. The van der Waals surface area contributed by atoms with Crippen molar-refractivity contribution in [2.24, 2.45) is 5.73 Å². The van der Waals surface area contributed by atoms with E-state index < -0.39 is 6.61 Å². The molecule has 0 heterocycles. The van der Waals surface area contributed by atoms with Crippen LogP contribution in [0.5, 0.6) is 5.75 Å². The van der Waals surface area contributed by atoms with Crippen LogP contribution in [0.1, 0.15) is 30.9 Å². The van der Waals surface area contributed by atoms with Gasteiger partial charge < -0.3 is 10.5 Å². The van der Waals surface area contributed by atoms with Crippen molar-refractivity contribution in [1.29, 1.82) is 0 Å². The lowest BCUT2D eigenvalue weighted by atomic mass is 10.0. The van der Waals surface area contributed by atoms with Crippen LogP contribution in [0.25, 0.3) is 0 Å². The molecule has 0 aliphatic heterocycles. The highest BCUT2D eigenvalue weighted by molar-refractivity contribution is 6.32. The third kappa shape index (κ3) is 4.42. The van der Waals surface area contributed by atoms with Gasteiger partial charge in [0.25, 0.3) is 0 Å². The van der Waals surface area contributed by atoms with E-state index in [1.54, 1.807) is 6.07 Å². The number of ether oxygens (including phenoxy) is 1. The highest BCUT2D eigenvalue weighted by Gasteiger charge is 2.13. The standard InChI is InChI=1S/C13H18ClF2NO/c1-2-10-7-9(5-3-4-6-17)8-11(12(10)14)18-13(15)16/h7-8,13H,2-6,17H2,1H3. The third-order valence-electron chi connectivity index (χ3n) is 2.69. The van der Waals surface area contributed by atoms with E-state index in [9.17, 15) is 8.78 Å². The average Bonchev–Trinajstić information content (AvgIpc) is 2.32. The second-order valence-corrected chi connectivity index (χ2v) is 4.42. The first-order valence-electron chi connectivity index (χ1n) is 6.04. The van der Waals surface area contributed by atoms with Crippen molar-refractivity contribution in [3.05, 3.63) is 28.3 Å². The van der Waals surface area contributed by atoms with E-state index in [0.29, 0.717) is 13.0 Å². The average molecular weight is 278 g/mol. The molecule has 0 spiro atoms. The van der Waals surface area contributed by atoms with Crippen molar-refractivity contribution in [3.63, 3.8) is 0 Å². The molecule has 0 atom stereocenters. The van der Waals surface area contributed by atoms with Crippen molar-refractivity contribution in [1.82, 2.24) is 0 Å². The van der Waals surface area contributed by atoms with Gasteiger partial charge in [-0.2, -0.15) is 8.78 Å². The van der Waals surface area contributed by atoms with Gasteiger partial charge in [-0.15, -0.1) is 0 Å². The van der Waals surface area contributed by atoms with Crippen molar-refractivity contribution in [3.8, 4) is 5.75 Å². The Morgan fingerprint density at radius 2 is 2.06 bits per heavy atom. The molecule has 0 aromatic heterocycles. The Morgan fingerprint density at radius 3 is 2.61 bits per heavy atom. The predicted octanol–water partition coefficient (Wildman–Crippen LogP) is 3.79. The van der Waals surface area contributed by atoms with Gasteiger partial charge in [0.05, 0.1) is 5.02 Å². The second kappa shape index (κ2) is 7.54. The number of halogens is 3. The monoisotopic (exact) mass is 277 g/mol. The van der Waals surface area contributed by atoms with Crippen LogP contribution < -0.4 is 10.5 Å². The minimum absolute atomic E-state index is 0.0637. The molecule has 0 saturated carbocycles. The van der Waals surface area contributed by atoms with Crippen LogP contribution in [0, 0.1) is 0 Å². The molecule has 0 amide bonds. The topological polar surface area (TPSA) is 35.2 Å². The Morgan fingerprint density at radius 1 is 1.33 bits per heavy atom. The molecule has 1 rings (SSSR count). The van der Waals surface area contributed by atoms with Gasteiger partial charge >= 0.3 is 6.61 Å². The molecule has 0 bridgehead atoms. The Kier molecular flexibility index (Phi) is 6.36. The molecule has 1 aromatic rings. The summed E-state index contributed by atoms with van der Waals surface area (Å²) in [5.41, 5.74) is 7.21. The molecule has 0 aliphatic rings. The number of rotatable bonds is 7. The van der Waals surface area contributed by atoms with Crippen LogP contribution in [-0.4, -0.2) is 13.2 Å². The number of benzene rings is 1. The second-order valence-electron chi connectivity index (χ2n) is 4.04. The Hall–Kier alpha value is -0.870. The van der Waals surface area contributed by atoms with Gasteiger partial charge in [-0.3, -0.25) is 0 Å². The van der Waals surface area contributed by atoms with E-state index >= 15 is 0 Å². The summed E-state index contributed by atoms with van der Waals surface area (Å²) in [7, 11) is 0. The largest absolute Gasteiger partial charge is 0.433 e. The first kappa shape index (κ1) is 15.2. The fourth-order valence-corrected chi connectivity index (χ4v) is 2.06. The minimum atomic E-state index is -2.86. The first-order chi connectivity index (χ1) is 8.58. The molecule has 2 nitrogen and oxygen atoms in total. The van der Waals surface area contributed by atoms with Gasteiger partial charge in [-0.25, -0.2) is 0 Å². The van der Waals surface area contributed by atoms with E-state index in [4.69, 9.17) is 17.3 Å². The maximum Gasteiger partial charge on any atom is 0.387 e. The zero-order valence-electron chi connectivity index (χ0n) is 10.4. The van der Waals surface area contributed by atoms with Crippen LogP contribution in [0.15, 0.2) is 12.1 Å². The lowest BCUT2D eigenvalue weighted by Crippen LogP contribution is -2.05. The Bertz CT molecular complexity index is 385. The van der Waals surface area contributed by atoms with E-state index in [2.05, 4.69) is 4.74 Å². The van der Waals surface area contributed by atoms with Crippen molar-refractivity contribution < 1.29 is 13.5 Å². The summed E-state index contributed by atoms with van der Waals surface area (Å²) in [6, 6.07) is 3.53. The summed E-state index contributed by atoms with van der Waals surface area (Å²) in [6.07, 6.45) is 3.31. The summed E-state index contributed by atoms with van der Waals surface area (Å²) in [5, 5.41) is 0.278. The first-order valence-corrected chi connectivity index (χ1v) is 6.42. The number of aryl methyl sites for hydroxylation is 2. The van der Waals surface area contributed by atoms with Gasteiger partial charge in [-0.1, -0.05) is 24.6 Å². The highest BCUT2D eigenvalue weighted by atomic mass is 35.5. The van der Waals surface area contributed by atoms with Crippen LogP contribution in [0.2, 0.25) is 5.02 Å². The Balaban J connectivity index is 2.90. The van der Waals surface area contributed by atoms with Crippen LogP contribution in [0.4, 0.5) is 8.78 Å². The molecule has 0 aliphatic carbocycles. The molecule has 0 fully saturated rings. The molecule has 2 N–H and O–H groups in total. The fraction of sp³-hybridized carbons (Fsp3) is 0.538. The summed E-state index contributed by atoms with van der Waals surface area (Å²) in [4.78, 5) is 0. The van der Waals surface area contributed by atoms with Crippen molar-refractivity contribution in [2.45, 2.75) is 39.2 Å². The number of nitrogens with two attached hydrogens (primary N) is 1. The van der Waals surface area contributed by atoms with E-state index in [0.717, 1.165) is 30.4 Å². The summed E-state index contributed by atoms with van der Waals surface area (Å²) in [5.74, 6) is 0.0637. The molecular weight excluding hydrogens is 260 g/mol. The molecule has 1 aromatic carbocycles. The number of hydrogen-bond acceptors (Lipinski definition) is 2. The maximum atomic E-state index is 12.3. The number of hydrogen-bond donors (Lipinski definition) is 1. The third-order valence-corrected chi connectivity index (χ3v) is 3.12. The van der Waals surface area contributed by atoms with Crippen molar-refractivity contribution >= 4 is 11.6 Å². The quantitative estimate of drug-likeness (QED) is 0.770. The fourth-order valence-electron chi connectivity index (χ4n) is 1.78. The summed E-state index contributed by atoms with van der Waals surface area (Å²) in [6.45, 7) is -0.294. The van der Waals surface area contributed by atoms with Crippen molar-refractivity contribution in [2.75, 3.05) is 6.54 Å². The molecule has 5 heteroatoms. The molecule has 18 heavy (non-hydrogen) atoms.